The largest absolute Gasteiger partial charge is 0.497 e. The summed E-state index contributed by atoms with van der Waals surface area (Å²) in [6.45, 7) is 2.55. The average Bonchev–Trinajstić information content (AvgIpc) is 3.06. The van der Waals surface area contributed by atoms with Gasteiger partial charge in [0.15, 0.2) is 6.10 Å². The van der Waals surface area contributed by atoms with Gasteiger partial charge in [0.05, 0.1) is 18.0 Å². The van der Waals surface area contributed by atoms with Gasteiger partial charge in [-0.3, -0.25) is 9.59 Å². The lowest BCUT2D eigenvalue weighted by atomic mass is 10.1. The maximum absolute atomic E-state index is 13.6. The summed E-state index contributed by atoms with van der Waals surface area (Å²) in [5, 5.41) is -0.359. The molecule has 0 bridgehead atoms. The number of anilines is 1. The number of esters is 1. The number of carbonyl (C=O) groups excluding carboxylic acids is 2. The number of amides is 1. The van der Waals surface area contributed by atoms with Gasteiger partial charge in [0.2, 0.25) is 0 Å². The van der Waals surface area contributed by atoms with Gasteiger partial charge < -0.3 is 24.0 Å². The zero-order valence-electron chi connectivity index (χ0n) is 22.5. The predicted octanol–water partition coefficient (Wildman–Crippen LogP) is 5.64. The molecule has 1 N–H and O–H groups in total. The molecule has 0 aliphatic carbocycles. The van der Waals surface area contributed by atoms with Crippen LogP contribution in [-0.4, -0.2) is 57.2 Å². The Morgan fingerprint density at radius 3 is 2.36 bits per heavy atom. The molecule has 39 heavy (non-hydrogen) atoms. The third kappa shape index (κ3) is 7.38. The van der Waals surface area contributed by atoms with E-state index in [1.807, 2.05) is 79.8 Å². The molecule has 3 aromatic carbocycles. The highest BCUT2D eigenvalue weighted by atomic mass is 32.2. The molecule has 2 aliphatic heterocycles. The first kappa shape index (κ1) is 28.6. The van der Waals surface area contributed by atoms with Crippen molar-refractivity contribution in [3.63, 3.8) is 0 Å². The Labute approximate surface area is 238 Å². The molecular weight excluding hydrogens is 530 g/mol. The van der Waals surface area contributed by atoms with E-state index >= 15 is 0 Å². The normalized spacial score (nSPS) is 17.7. The zero-order chi connectivity index (χ0) is 27.8. The first-order valence-electron chi connectivity index (χ1n) is 12.6. The number of para-hydroxylation sites is 1. The van der Waals surface area contributed by atoms with Crippen molar-refractivity contribution < 1.29 is 19.1 Å². The van der Waals surface area contributed by atoms with E-state index in [4.69, 9.17) is 9.47 Å². The highest BCUT2D eigenvalue weighted by Gasteiger charge is 2.40. The number of nitrogens with one attached hydrogen (secondary N) is 1. The summed E-state index contributed by atoms with van der Waals surface area (Å²) >= 11 is 3.19. The van der Waals surface area contributed by atoms with Gasteiger partial charge in [0, 0.05) is 36.0 Å². The van der Waals surface area contributed by atoms with Crippen molar-refractivity contribution in [1.82, 2.24) is 9.62 Å². The molecule has 7 nitrogen and oxygen atoms in total. The number of methoxy groups -OCH3 is 1. The molecule has 3 aromatic rings. The Bertz CT molecular complexity index is 1310. The first-order chi connectivity index (χ1) is 18.9. The zero-order valence-corrected chi connectivity index (χ0v) is 24.1. The van der Waals surface area contributed by atoms with Gasteiger partial charge >= 0.3 is 5.97 Å². The van der Waals surface area contributed by atoms with Gasteiger partial charge in [0.1, 0.15) is 5.75 Å². The van der Waals surface area contributed by atoms with E-state index in [0.29, 0.717) is 13.1 Å². The summed E-state index contributed by atoms with van der Waals surface area (Å²) in [6, 6.07) is 23.7. The maximum atomic E-state index is 13.6. The minimum absolute atomic E-state index is 0.208. The van der Waals surface area contributed by atoms with Crippen molar-refractivity contribution in [1.29, 1.82) is 0 Å². The van der Waals surface area contributed by atoms with Crippen LogP contribution >= 0.6 is 23.7 Å². The Kier molecular flexibility index (Phi) is 9.97. The molecule has 2 atom stereocenters. The molecule has 0 saturated heterocycles. The van der Waals surface area contributed by atoms with Crippen LogP contribution in [0.4, 0.5) is 5.69 Å². The van der Waals surface area contributed by atoms with E-state index in [-0.39, 0.29) is 11.2 Å². The molecule has 9 heteroatoms. The molecule has 0 spiro atoms. The second-order valence-corrected chi connectivity index (χ2v) is 11.3. The third-order valence-corrected chi connectivity index (χ3v) is 8.34. The number of hydrogen-bond acceptors (Lipinski definition) is 8. The van der Waals surface area contributed by atoms with Crippen LogP contribution in [0, 0.1) is 0 Å². The molecule has 5 rings (SSSR count). The van der Waals surface area contributed by atoms with Crippen molar-refractivity contribution in [3.05, 3.63) is 90.1 Å². The van der Waals surface area contributed by atoms with Gasteiger partial charge in [-0.25, -0.2) is 0 Å². The summed E-state index contributed by atoms with van der Waals surface area (Å²) in [5.41, 5.74) is 3.04. The molecule has 0 saturated carbocycles. The van der Waals surface area contributed by atoms with Crippen molar-refractivity contribution in [2.24, 2.45) is 0 Å². The number of nitrogens with zero attached hydrogens (tertiary/aromatic N) is 2. The highest BCUT2D eigenvalue weighted by molar-refractivity contribution is 7.99. The van der Waals surface area contributed by atoms with Crippen LogP contribution in [0.2, 0.25) is 0 Å². The number of fused-ring (bicyclic) bond motifs is 2. The minimum Gasteiger partial charge on any atom is -0.497 e. The molecule has 0 radical (unpaired) electrons. The Morgan fingerprint density at radius 1 is 1.00 bits per heavy atom. The van der Waals surface area contributed by atoms with E-state index in [1.165, 1.54) is 17.4 Å². The first-order valence-corrected chi connectivity index (χ1v) is 14.3. The van der Waals surface area contributed by atoms with Gasteiger partial charge in [-0.15, -0.1) is 11.8 Å². The smallest absolute Gasteiger partial charge is 0.303 e. The summed E-state index contributed by atoms with van der Waals surface area (Å²) in [5.74, 6) is 0.0528. The summed E-state index contributed by atoms with van der Waals surface area (Å²) in [4.78, 5) is 31.5. The maximum Gasteiger partial charge on any atom is 0.303 e. The van der Waals surface area contributed by atoms with Crippen LogP contribution in [-0.2, 0) is 14.3 Å². The Morgan fingerprint density at radius 2 is 1.69 bits per heavy atom. The van der Waals surface area contributed by atoms with Crippen LogP contribution in [0.1, 0.15) is 23.3 Å². The molecule has 2 aliphatic rings. The average molecular weight is 564 g/mol. The van der Waals surface area contributed by atoms with Gasteiger partial charge in [-0.1, -0.05) is 42.5 Å². The van der Waals surface area contributed by atoms with Crippen molar-refractivity contribution in [2.75, 3.05) is 39.2 Å². The van der Waals surface area contributed by atoms with Crippen molar-refractivity contribution >= 4 is 47.3 Å². The Hall–Kier alpha value is -3.40. The van der Waals surface area contributed by atoms with E-state index in [9.17, 15) is 9.59 Å². The molecule has 204 valence electrons. The fourth-order valence-corrected chi connectivity index (χ4v) is 6.15. The minimum atomic E-state index is -0.916. The fourth-order valence-electron chi connectivity index (χ4n) is 4.17. The lowest BCUT2D eigenvalue weighted by Gasteiger charge is -2.28. The van der Waals surface area contributed by atoms with Gasteiger partial charge in [-0.05, 0) is 73.6 Å². The Balaban J connectivity index is 0.000000292. The number of benzene rings is 3. The van der Waals surface area contributed by atoms with Crippen LogP contribution in [0.5, 0.6) is 5.75 Å². The second-order valence-electron chi connectivity index (χ2n) is 9.19. The SMILES string of the molecule is C1=Cc2ccccc2SN1.COc1ccc([C@@H]2Sc3ccccc3N(CCN(C)C)C(=O)[C@@H]2OC(C)=O)cc1. The molecule has 0 unspecified atom stereocenters. The lowest BCUT2D eigenvalue weighted by Crippen LogP contribution is -2.45. The number of hydrogen-bond donors (Lipinski definition) is 1. The number of rotatable bonds is 6. The van der Waals surface area contributed by atoms with E-state index in [0.717, 1.165) is 21.9 Å². The van der Waals surface area contributed by atoms with Crippen LogP contribution in [0.3, 0.4) is 0 Å². The van der Waals surface area contributed by atoms with E-state index in [1.54, 1.807) is 35.7 Å². The van der Waals surface area contributed by atoms with Crippen molar-refractivity contribution in [2.45, 2.75) is 28.1 Å². The number of carbonyl (C=O) groups is 2. The molecular formula is C30H33N3O4S2. The lowest BCUT2D eigenvalue weighted by molar-refractivity contribution is -0.152. The predicted molar refractivity (Wildman–Crippen MR) is 159 cm³/mol. The topological polar surface area (TPSA) is 71.1 Å². The van der Waals surface area contributed by atoms with Crippen molar-refractivity contribution in [3.8, 4) is 5.75 Å². The van der Waals surface area contributed by atoms with E-state index in [2.05, 4.69) is 29.0 Å². The van der Waals surface area contributed by atoms with Crippen LogP contribution in [0.15, 0.2) is 88.8 Å². The van der Waals surface area contributed by atoms with Crippen LogP contribution < -0.4 is 14.4 Å². The molecule has 0 fully saturated rings. The van der Waals surface area contributed by atoms with Gasteiger partial charge in [0.25, 0.3) is 5.91 Å². The number of thioether (sulfide) groups is 1. The summed E-state index contributed by atoms with van der Waals surface area (Å²) in [6.07, 6.45) is 3.11. The van der Waals surface area contributed by atoms with Crippen LogP contribution in [0.25, 0.3) is 6.08 Å². The summed E-state index contributed by atoms with van der Waals surface area (Å²) in [7, 11) is 5.54. The third-order valence-electron chi connectivity index (χ3n) is 6.12. The quantitative estimate of drug-likeness (QED) is 0.305. The number of ether oxygens (including phenoxy) is 2. The monoisotopic (exact) mass is 563 g/mol. The fraction of sp³-hybridized carbons (Fsp3) is 0.267. The van der Waals surface area contributed by atoms with E-state index < -0.39 is 12.1 Å². The summed E-state index contributed by atoms with van der Waals surface area (Å²) < 4.78 is 13.9. The number of likely N-dealkylation sites (N-methyl/N-ethyl adjacent to an activating group) is 1. The molecule has 2 heterocycles. The molecule has 0 aromatic heterocycles. The van der Waals surface area contributed by atoms with Gasteiger partial charge in [-0.2, -0.15) is 0 Å². The molecule has 1 amide bonds. The standard InChI is InChI=1S/C22H26N2O4S.C8H7NS/c1-15(25)28-20-21(16-9-11-17(27-4)12-10-16)29-19-8-6-5-7-18(19)24(22(20)26)14-13-23(2)3;1-2-4-8-7(3-1)5-6-9-10-8/h5-12,20-21H,13-14H2,1-4H3;1-6,9H/t20-,21+;/m1./s1. The highest BCUT2D eigenvalue weighted by Crippen LogP contribution is 2.46. The second kappa shape index (κ2) is 13.6.